The van der Waals surface area contributed by atoms with E-state index < -0.39 is 0 Å². The number of hydrogen-bond donors (Lipinski definition) is 1. The Morgan fingerprint density at radius 3 is 2.73 bits per heavy atom. The van der Waals surface area contributed by atoms with Crippen LogP contribution >= 0.6 is 12.4 Å². The Balaban J connectivity index is 0.000000853. The van der Waals surface area contributed by atoms with E-state index in [0.29, 0.717) is 18.7 Å². The van der Waals surface area contributed by atoms with Gasteiger partial charge in [0.15, 0.2) is 0 Å². The van der Waals surface area contributed by atoms with Gasteiger partial charge in [-0.1, -0.05) is 0 Å². The molecule has 5 nitrogen and oxygen atoms in total. The number of carbonyl (C=O) groups excluding carboxylic acids is 1. The first kappa shape index (κ1) is 11.0. The summed E-state index contributed by atoms with van der Waals surface area (Å²) in [6.07, 6.45) is -0.124. The molecule has 15 heavy (non-hydrogen) atoms. The normalized spacial score (nSPS) is 31.6. The number of rotatable bonds is 1. The van der Waals surface area contributed by atoms with Gasteiger partial charge in [0.25, 0.3) is 0 Å². The average molecular weight is 234 g/mol. The summed E-state index contributed by atoms with van der Waals surface area (Å²) in [5, 5.41) is 3.27. The fourth-order valence-electron chi connectivity index (χ4n) is 2.38. The molecule has 0 aromatic heterocycles. The number of carbonyl (C=O) groups is 1. The van der Waals surface area contributed by atoms with Crippen LogP contribution < -0.4 is 5.32 Å². The molecule has 3 rings (SSSR count). The van der Waals surface area contributed by atoms with E-state index in [2.05, 4.69) is 10.2 Å². The van der Waals surface area contributed by atoms with Gasteiger partial charge in [-0.3, -0.25) is 9.80 Å². The van der Waals surface area contributed by atoms with Crippen molar-refractivity contribution in [2.45, 2.75) is 12.1 Å². The standard InChI is InChI=1S/C9H15N3O2.ClH/c13-9-12-2-1-11(7-3-10-4-7)5-8(12)6-14-9;/h7-8,10H,1-6H2;1H. The monoisotopic (exact) mass is 233 g/mol. The van der Waals surface area contributed by atoms with Gasteiger partial charge in [-0.15, -0.1) is 12.4 Å². The molecule has 0 radical (unpaired) electrons. The number of nitrogens with one attached hydrogen (secondary N) is 1. The summed E-state index contributed by atoms with van der Waals surface area (Å²) >= 11 is 0. The molecular weight excluding hydrogens is 218 g/mol. The zero-order valence-electron chi connectivity index (χ0n) is 8.52. The molecule has 0 aromatic rings. The Hall–Kier alpha value is -0.520. The van der Waals surface area contributed by atoms with Crippen LogP contribution in [0.4, 0.5) is 4.79 Å². The SMILES string of the molecule is Cl.O=C1OCC2CN(C3CNC3)CCN12. The van der Waals surface area contributed by atoms with Gasteiger partial charge in [0.2, 0.25) is 0 Å². The summed E-state index contributed by atoms with van der Waals surface area (Å²) in [4.78, 5) is 15.6. The lowest BCUT2D eigenvalue weighted by Crippen LogP contribution is -2.63. The Kier molecular flexibility index (Phi) is 3.04. The van der Waals surface area contributed by atoms with Gasteiger partial charge >= 0.3 is 6.09 Å². The highest BCUT2D eigenvalue weighted by molar-refractivity contribution is 5.85. The maximum absolute atomic E-state index is 11.2. The van der Waals surface area contributed by atoms with Crippen LogP contribution in [0.15, 0.2) is 0 Å². The first-order chi connectivity index (χ1) is 6.84. The molecule has 0 spiro atoms. The van der Waals surface area contributed by atoms with Crippen LogP contribution in [-0.4, -0.2) is 67.3 Å². The van der Waals surface area contributed by atoms with E-state index in [1.54, 1.807) is 0 Å². The van der Waals surface area contributed by atoms with Crippen LogP contribution in [0, 0.1) is 0 Å². The largest absolute Gasteiger partial charge is 0.447 e. The molecule has 3 aliphatic heterocycles. The number of ether oxygens (including phenoxy) is 1. The molecule has 1 unspecified atom stereocenters. The fraction of sp³-hybridized carbons (Fsp3) is 0.889. The summed E-state index contributed by atoms with van der Waals surface area (Å²) in [5.41, 5.74) is 0. The zero-order valence-corrected chi connectivity index (χ0v) is 9.33. The number of nitrogens with zero attached hydrogens (tertiary/aromatic N) is 2. The molecule has 1 amide bonds. The predicted molar refractivity (Wildman–Crippen MR) is 57.3 cm³/mol. The van der Waals surface area contributed by atoms with Gasteiger partial charge < -0.3 is 10.1 Å². The third-order valence-electron chi connectivity index (χ3n) is 3.42. The number of fused-ring (bicyclic) bond motifs is 1. The molecule has 1 N–H and O–H groups in total. The topological polar surface area (TPSA) is 44.8 Å². The number of hydrogen-bond acceptors (Lipinski definition) is 4. The van der Waals surface area contributed by atoms with Gasteiger partial charge in [0, 0.05) is 38.8 Å². The highest BCUT2D eigenvalue weighted by Crippen LogP contribution is 2.20. The van der Waals surface area contributed by atoms with Crippen molar-refractivity contribution in [3.63, 3.8) is 0 Å². The first-order valence-corrected chi connectivity index (χ1v) is 5.23. The molecule has 0 aliphatic carbocycles. The molecule has 86 valence electrons. The van der Waals surface area contributed by atoms with Crippen molar-refractivity contribution in [2.75, 3.05) is 39.3 Å². The second-order valence-electron chi connectivity index (χ2n) is 4.23. The molecule has 0 aromatic carbocycles. The molecule has 3 aliphatic rings. The van der Waals surface area contributed by atoms with E-state index in [0.717, 1.165) is 32.7 Å². The minimum atomic E-state index is -0.124. The highest BCUT2D eigenvalue weighted by Gasteiger charge is 2.39. The van der Waals surface area contributed by atoms with Gasteiger partial charge in [-0.05, 0) is 0 Å². The molecular formula is C9H16ClN3O2. The first-order valence-electron chi connectivity index (χ1n) is 5.23. The Morgan fingerprint density at radius 1 is 1.27 bits per heavy atom. The van der Waals surface area contributed by atoms with E-state index in [-0.39, 0.29) is 18.5 Å². The van der Waals surface area contributed by atoms with Crippen LogP contribution in [0.1, 0.15) is 0 Å². The van der Waals surface area contributed by atoms with Gasteiger partial charge in [-0.25, -0.2) is 4.79 Å². The van der Waals surface area contributed by atoms with E-state index in [1.165, 1.54) is 0 Å². The summed E-state index contributed by atoms with van der Waals surface area (Å²) in [7, 11) is 0. The van der Waals surface area contributed by atoms with E-state index in [4.69, 9.17) is 4.74 Å². The van der Waals surface area contributed by atoms with Gasteiger partial charge in [0.1, 0.15) is 6.61 Å². The zero-order chi connectivity index (χ0) is 9.54. The van der Waals surface area contributed by atoms with Gasteiger partial charge in [0.05, 0.1) is 6.04 Å². The van der Waals surface area contributed by atoms with Crippen LogP contribution in [-0.2, 0) is 4.74 Å². The van der Waals surface area contributed by atoms with Crippen molar-refractivity contribution in [1.82, 2.24) is 15.1 Å². The van der Waals surface area contributed by atoms with E-state index in [9.17, 15) is 4.79 Å². The molecule has 1 atom stereocenters. The number of cyclic esters (lactones) is 1. The minimum Gasteiger partial charge on any atom is -0.447 e. The maximum atomic E-state index is 11.2. The fourth-order valence-corrected chi connectivity index (χ4v) is 2.38. The van der Waals surface area contributed by atoms with Crippen LogP contribution in [0.25, 0.3) is 0 Å². The van der Waals surface area contributed by atoms with Crippen molar-refractivity contribution >= 4 is 18.5 Å². The van der Waals surface area contributed by atoms with Gasteiger partial charge in [-0.2, -0.15) is 0 Å². The number of amides is 1. The van der Waals surface area contributed by atoms with Crippen molar-refractivity contribution in [3.05, 3.63) is 0 Å². The Bertz CT molecular complexity index is 260. The summed E-state index contributed by atoms with van der Waals surface area (Å²) < 4.78 is 5.02. The number of halogens is 1. The van der Waals surface area contributed by atoms with Crippen molar-refractivity contribution in [2.24, 2.45) is 0 Å². The smallest absolute Gasteiger partial charge is 0.410 e. The van der Waals surface area contributed by atoms with E-state index >= 15 is 0 Å². The molecule has 3 saturated heterocycles. The molecule has 3 fully saturated rings. The average Bonchev–Trinajstić information content (AvgIpc) is 2.45. The number of piperazine rings is 1. The molecule has 0 saturated carbocycles. The highest BCUT2D eigenvalue weighted by atomic mass is 35.5. The lowest BCUT2D eigenvalue weighted by Gasteiger charge is -2.43. The lowest BCUT2D eigenvalue weighted by molar-refractivity contribution is 0.0665. The Labute approximate surface area is 95.1 Å². The van der Waals surface area contributed by atoms with E-state index in [1.807, 2.05) is 4.90 Å². The Morgan fingerprint density at radius 2 is 2.07 bits per heavy atom. The molecule has 0 bridgehead atoms. The maximum Gasteiger partial charge on any atom is 0.410 e. The second kappa shape index (κ2) is 4.15. The van der Waals surface area contributed by atoms with Crippen LogP contribution in [0.3, 0.4) is 0 Å². The van der Waals surface area contributed by atoms with Crippen molar-refractivity contribution in [1.29, 1.82) is 0 Å². The molecule has 3 heterocycles. The summed E-state index contributed by atoms with van der Waals surface area (Å²) in [6.45, 7) is 5.59. The quantitative estimate of drug-likeness (QED) is 0.665. The lowest BCUT2D eigenvalue weighted by atomic mass is 10.1. The predicted octanol–water partition coefficient (Wildman–Crippen LogP) is -0.484. The van der Waals surface area contributed by atoms with Crippen LogP contribution in [0.2, 0.25) is 0 Å². The van der Waals surface area contributed by atoms with Crippen molar-refractivity contribution < 1.29 is 9.53 Å². The third kappa shape index (κ3) is 1.79. The van der Waals surface area contributed by atoms with Crippen LogP contribution in [0.5, 0.6) is 0 Å². The second-order valence-corrected chi connectivity index (χ2v) is 4.23. The molecule has 6 heteroatoms. The third-order valence-corrected chi connectivity index (χ3v) is 3.42. The summed E-state index contributed by atoms with van der Waals surface area (Å²) in [6, 6.07) is 0.990. The summed E-state index contributed by atoms with van der Waals surface area (Å²) in [5.74, 6) is 0. The minimum absolute atomic E-state index is 0. The van der Waals surface area contributed by atoms with Crippen molar-refractivity contribution in [3.8, 4) is 0 Å².